The molecule has 0 rings (SSSR count). The van der Waals surface area contributed by atoms with Crippen LogP contribution < -0.4 is 11.1 Å². The minimum Gasteiger partial charge on any atom is -0.370 e. The van der Waals surface area contributed by atoms with Gasteiger partial charge in [0.15, 0.2) is 11.7 Å². The lowest BCUT2D eigenvalue weighted by Gasteiger charge is -2.04. The third kappa shape index (κ3) is 3.88. The standard InChI is InChI=1S/C6H13N3O/c1-4(2)5(10)3-9-6(7)8/h4H,3H2,1-2H3,(H4,7,8,9). The number of carbonyl (C=O) groups excluding carboxylic acids is 1. The van der Waals surface area contributed by atoms with Gasteiger partial charge in [0.25, 0.3) is 0 Å². The van der Waals surface area contributed by atoms with Crippen LogP contribution in [0.2, 0.25) is 0 Å². The molecule has 0 radical (unpaired) electrons. The molecule has 0 aliphatic rings. The molecule has 0 aromatic heterocycles. The van der Waals surface area contributed by atoms with E-state index in [9.17, 15) is 4.79 Å². The quantitative estimate of drug-likeness (QED) is 0.374. The number of hydrogen-bond acceptors (Lipinski definition) is 2. The SMILES string of the molecule is CC(C)C(=O)CNC(=N)N. The zero-order valence-corrected chi connectivity index (χ0v) is 6.27. The van der Waals surface area contributed by atoms with Crippen molar-refractivity contribution in [2.24, 2.45) is 11.7 Å². The Labute approximate surface area is 60.3 Å². The number of rotatable bonds is 3. The molecule has 0 bridgehead atoms. The second-order valence-electron chi connectivity index (χ2n) is 2.39. The van der Waals surface area contributed by atoms with Crippen LogP contribution in [-0.2, 0) is 4.79 Å². The van der Waals surface area contributed by atoms with E-state index in [-0.39, 0.29) is 24.2 Å². The molecule has 58 valence electrons. The predicted octanol–water partition coefficient (Wildman–Crippen LogP) is -0.305. The van der Waals surface area contributed by atoms with Crippen molar-refractivity contribution in [2.75, 3.05) is 6.54 Å². The third-order valence-corrected chi connectivity index (χ3v) is 1.10. The fraction of sp³-hybridized carbons (Fsp3) is 0.667. The molecular weight excluding hydrogens is 130 g/mol. The molecule has 0 aromatic rings. The van der Waals surface area contributed by atoms with Crippen molar-refractivity contribution in [2.45, 2.75) is 13.8 Å². The van der Waals surface area contributed by atoms with Crippen LogP contribution in [0, 0.1) is 11.3 Å². The summed E-state index contributed by atoms with van der Waals surface area (Å²) >= 11 is 0. The molecule has 0 aliphatic carbocycles. The first-order valence-corrected chi connectivity index (χ1v) is 3.14. The Bertz CT molecular complexity index is 142. The van der Waals surface area contributed by atoms with Crippen LogP contribution in [0.25, 0.3) is 0 Å². The van der Waals surface area contributed by atoms with E-state index in [0.29, 0.717) is 0 Å². The molecule has 4 N–H and O–H groups in total. The molecule has 4 nitrogen and oxygen atoms in total. The van der Waals surface area contributed by atoms with Crippen LogP contribution >= 0.6 is 0 Å². The Balaban J connectivity index is 3.50. The summed E-state index contributed by atoms with van der Waals surface area (Å²) in [5.41, 5.74) is 4.96. The molecule has 0 atom stereocenters. The molecule has 0 saturated heterocycles. The average molecular weight is 143 g/mol. The third-order valence-electron chi connectivity index (χ3n) is 1.10. The maximum atomic E-state index is 10.8. The second-order valence-corrected chi connectivity index (χ2v) is 2.39. The lowest BCUT2D eigenvalue weighted by molar-refractivity contribution is -0.120. The van der Waals surface area contributed by atoms with E-state index >= 15 is 0 Å². The van der Waals surface area contributed by atoms with Gasteiger partial charge in [0.05, 0.1) is 6.54 Å². The van der Waals surface area contributed by atoms with Crippen LogP contribution in [-0.4, -0.2) is 18.3 Å². The summed E-state index contributed by atoms with van der Waals surface area (Å²) in [7, 11) is 0. The number of Topliss-reactive ketones (excluding diaryl/α,β-unsaturated/α-hetero) is 1. The molecule has 0 unspecified atom stereocenters. The fourth-order valence-electron chi connectivity index (χ4n) is 0.386. The molecule has 0 aromatic carbocycles. The van der Waals surface area contributed by atoms with E-state index in [1.54, 1.807) is 0 Å². The largest absolute Gasteiger partial charge is 0.370 e. The van der Waals surface area contributed by atoms with Gasteiger partial charge in [-0.3, -0.25) is 10.2 Å². The van der Waals surface area contributed by atoms with E-state index in [0.717, 1.165) is 0 Å². The van der Waals surface area contributed by atoms with Crippen LogP contribution in [0.1, 0.15) is 13.8 Å². The van der Waals surface area contributed by atoms with Crippen molar-refractivity contribution >= 4 is 11.7 Å². The van der Waals surface area contributed by atoms with Crippen molar-refractivity contribution in [1.29, 1.82) is 5.41 Å². The van der Waals surface area contributed by atoms with Gasteiger partial charge in [0.2, 0.25) is 0 Å². The minimum absolute atomic E-state index is 0.00634. The van der Waals surface area contributed by atoms with E-state index in [2.05, 4.69) is 5.32 Å². The van der Waals surface area contributed by atoms with Crippen LogP contribution in [0.4, 0.5) is 0 Å². The summed E-state index contributed by atoms with van der Waals surface area (Å²) in [5.74, 6) is -0.0870. The topological polar surface area (TPSA) is 79.0 Å². The van der Waals surface area contributed by atoms with Crippen molar-refractivity contribution in [1.82, 2.24) is 5.32 Å². The monoisotopic (exact) mass is 143 g/mol. The van der Waals surface area contributed by atoms with E-state index in [1.165, 1.54) is 0 Å². The average Bonchev–Trinajstić information content (AvgIpc) is 1.82. The Morgan fingerprint density at radius 1 is 1.70 bits per heavy atom. The highest BCUT2D eigenvalue weighted by molar-refractivity contribution is 5.86. The smallest absolute Gasteiger partial charge is 0.186 e. The predicted molar refractivity (Wildman–Crippen MR) is 39.8 cm³/mol. The molecule has 0 amide bonds. The summed E-state index contributed by atoms with van der Waals surface area (Å²) in [5, 5.41) is 9.18. The summed E-state index contributed by atoms with van der Waals surface area (Å²) in [6, 6.07) is 0. The first kappa shape index (κ1) is 8.94. The van der Waals surface area contributed by atoms with E-state index in [1.807, 2.05) is 13.8 Å². The van der Waals surface area contributed by atoms with Crippen molar-refractivity contribution in [3.63, 3.8) is 0 Å². The van der Waals surface area contributed by atoms with Gasteiger partial charge in [0.1, 0.15) is 0 Å². The first-order chi connectivity index (χ1) is 4.54. The Morgan fingerprint density at radius 2 is 2.20 bits per heavy atom. The summed E-state index contributed by atoms with van der Waals surface area (Å²) in [6.07, 6.45) is 0. The second kappa shape index (κ2) is 3.87. The highest BCUT2D eigenvalue weighted by Crippen LogP contribution is 1.90. The maximum Gasteiger partial charge on any atom is 0.186 e. The first-order valence-electron chi connectivity index (χ1n) is 3.14. The van der Waals surface area contributed by atoms with Gasteiger partial charge in [-0.05, 0) is 0 Å². The Hall–Kier alpha value is -1.06. The number of nitrogens with two attached hydrogens (primary N) is 1. The molecule has 0 fully saturated rings. The van der Waals surface area contributed by atoms with Gasteiger partial charge < -0.3 is 11.1 Å². The van der Waals surface area contributed by atoms with Gasteiger partial charge in [0, 0.05) is 5.92 Å². The number of hydrogen-bond donors (Lipinski definition) is 3. The molecule has 0 heterocycles. The van der Waals surface area contributed by atoms with Gasteiger partial charge in [-0.1, -0.05) is 13.8 Å². The number of nitrogens with one attached hydrogen (secondary N) is 2. The summed E-state index contributed by atoms with van der Waals surface area (Å²) in [6.45, 7) is 3.78. The highest BCUT2D eigenvalue weighted by atomic mass is 16.1. The van der Waals surface area contributed by atoms with Gasteiger partial charge in [-0.25, -0.2) is 0 Å². The maximum absolute atomic E-state index is 10.8. The zero-order valence-electron chi connectivity index (χ0n) is 6.27. The normalized spacial score (nSPS) is 9.50. The highest BCUT2D eigenvalue weighted by Gasteiger charge is 2.05. The number of carbonyl (C=O) groups is 1. The summed E-state index contributed by atoms with van der Waals surface area (Å²) in [4.78, 5) is 10.8. The summed E-state index contributed by atoms with van der Waals surface area (Å²) < 4.78 is 0. The Kier molecular flexibility index (Phi) is 3.46. The molecule has 4 heteroatoms. The molecular formula is C6H13N3O. The number of guanidine groups is 1. The lowest BCUT2D eigenvalue weighted by Crippen LogP contribution is -2.35. The minimum atomic E-state index is -0.158. The van der Waals surface area contributed by atoms with Crippen molar-refractivity contribution in [3.05, 3.63) is 0 Å². The zero-order chi connectivity index (χ0) is 8.15. The number of ketones is 1. The van der Waals surface area contributed by atoms with Gasteiger partial charge in [-0.2, -0.15) is 0 Å². The lowest BCUT2D eigenvalue weighted by atomic mass is 10.1. The molecule has 10 heavy (non-hydrogen) atoms. The Morgan fingerprint density at radius 3 is 2.50 bits per heavy atom. The van der Waals surface area contributed by atoms with Crippen molar-refractivity contribution < 1.29 is 4.79 Å². The molecule has 0 saturated carbocycles. The molecule has 0 aliphatic heterocycles. The van der Waals surface area contributed by atoms with E-state index in [4.69, 9.17) is 11.1 Å². The van der Waals surface area contributed by atoms with E-state index < -0.39 is 0 Å². The van der Waals surface area contributed by atoms with Crippen LogP contribution in [0.3, 0.4) is 0 Å². The van der Waals surface area contributed by atoms with Crippen LogP contribution in [0.15, 0.2) is 0 Å². The van der Waals surface area contributed by atoms with Gasteiger partial charge in [-0.15, -0.1) is 0 Å². The van der Waals surface area contributed by atoms with Crippen LogP contribution in [0.5, 0.6) is 0 Å². The molecule has 0 spiro atoms. The fourth-order valence-corrected chi connectivity index (χ4v) is 0.386. The van der Waals surface area contributed by atoms with Gasteiger partial charge >= 0.3 is 0 Å². The van der Waals surface area contributed by atoms with Crippen molar-refractivity contribution in [3.8, 4) is 0 Å².